The number of benzene rings is 8. The molecule has 0 aliphatic heterocycles. The number of anilines is 3. The molecule has 232 valence electrons. The molecule has 0 radical (unpaired) electrons. The van der Waals surface area contributed by atoms with E-state index in [4.69, 9.17) is 0 Å². The molecule has 0 bridgehead atoms. The number of hydrogen-bond donors (Lipinski definition) is 0. The van der Waals surface area contributed by atoms with E-state index in [1.165, 1.54) is 86.5 Å². The molecular weight excluding hydrogens is 611 g/mol. The first-order valence-electron chi connectivity index (χ1n) is 17.0. The molecule has 1 aliphatic carbocycles. The van der Waals surface area contributed by atoms with Gasteiger partial charge in [0.05, 0.1) is 11.4 Å². The van der Waals surface area contributed by atoms with Gasteiger partial charge in [-0.2, -0.15) is 0 Å². The van der Waals surface area contributed by atoms with E-state index in [-0.39, 0.29) is 5.41 Å². The summed E-state index contributed by atoms with van der Waals surface area (Å²) in [5.41, 5.74) is 11.3. The second-order valence-corrected chi connectivity index (χ2v) is 14.7. The second kappa shape index (κ2) is 10.7. The molecule has 49 heavy (non-hydrogen) atoms. The van der Waals surface area contributed by atoms with E-state index < -0.39 is 0 Å². The first kappa shape index (κ1) is 28.3. The van der Waals surface area contributed by atoms with Crippen LogP contribution in [0.4, 0.5) is 17.1 Å². The van der Waals surface area contributed by atoms with Crippen molar-refractivity contribution >= 4 is 70.1 Å². The summed E-state index contributed by atoms with van der Waals surface area (Å²) >= 11 is 1.90. The van der Waals surface area contributed by atoms with Gasteiger partial charge in [-0.3, -0.25) is 0 Å². The van der Waals surface area contributed by atoms with Gasteiger partial charge in [0, 0.05) is 47.6 Å². The number of thiophene rings is 1. The highest BCUT2D eigenvalue weighted by molar-refractivity contribution is 7.26. The van der Waals surface area contributed by atoms with E-state index in [9.17, 15) is 0 Å². The van der Waals surface area contributed by atoms with Crippen molar-refractivity contribution in [3.63, 3.8) is 0 Å². The third kappa shape index (κ3) is 4.17. The van der Waals surface area contributed by atoms with Crippen molar-refractivity contribution in [3.8, 4) is 22.3 Å². The second-order valence-electron chi connectivity index (χ2n) is 13.7. The standard InChI is InChI=1S/C47H33NS/c1-47(2)40-21-9-7-19-38(40)45-41(47)22-12-23-42(45)48(32-27-25-31(26-28-32)34-20-11-14-30-13-3-4-15-33(30)34)43-29-39-36-17-8-10-24-44(36)49-46(39)37-18-6-5-16-35(37)43/h3-29H,1-2H3. The van der Waals surface area contributed by atoms with Gasteiger partial charge in [0.15, 0.2) is 0 Å². The molecule has 2 heteroatoms. The van der Waals surface area contributed by atoms with Crippen LogP contribution in [-0.4, -0.2) is 0 Å². The fraction of sp³-hybridized carbons (Fsp3) is 0.0638. The first-order valence-corrected chi connectivity index (χ1v) is 17.8. The number of rotatable bonds is 4. The Labute approximate surface area is 290 Å². The van der Waals surface area contributed by atoms with E-state index >= 15 is 0 Å². The lowest BCUT2D eigenvalue weighted by Gasteiger charge is -2.30. The molecule has 0 saturated heterocycles. The molecular formula is C47H33NS. The molecule has 0 atom stereocenters. The van der Waals surface area contributed by atoms with Crippen LogP contribution >= 0.6 is 11.3 Å². The van der Waals surface area contributed by atoms with Crippen molar-refractivity contribution in [2.45, 2.75) is 19.3 Å². The van der Waals surface area contributed by atoms with Crippen LogP contribution in [-0.2, 0) is 5.41 Å². The monoisotopic (exact) mass is 643 g/mol. The molecule has 8 aromatic carbocycles. The quantitative estimate of drug-likeness (QED) is 0.184. The zero-order valence-corrected chi connectivity index (χ0v) is 28.3. The third-order valence-electron chi connectivity index (χ3n) is 10.7. The van der Waals surface area contributed by atoms with Gasteiger partial charge >= 0.3 is 0 Å². The van der Waals surface area contributed by atoms with Crippen LogP contribution in [0.2, 0.25) is 0 Å². The topological polar surface area (TPSA) is 3.24 Å². The Bertz CT molecular complexity index is 2740. The predicted octanol–water partition coefficient (Wildman–Crippen LogP) is 13.8. The molecule has 0 fully saturated rings. The van der Waals surface area contributed by atoms with Crippen LogP contribution in [0.1, 0.15) is 25.0 Å². The Morgan fingerprint density at radius 2 is 1.10 bits per heavy atom. The summed E-state index contributed by atoms with van der Waals surface area (Å²) in [6.07, 6.45) is 0. The number of fused-ring (bicyclic) bond motifs is 9. The molecule has 1 heterocycles. The summed E-state index contributed by atoms with van der Waals surface area (Å²) in [4.78, 5) is 2.53. The molecule has 0 unspecified atom stereocenters. The van der Waals surface area contributed by atoms with Gasteiger partial charge in [-0.15, -0.1) is 11.3 Å². The maximum absolute atomic E-state index is 2.53. The maximum atomic E-state index is 2.53. The number of nitrogens with zero attached hydrogens (tertiary/aromatic N) is 1. The molecule has 10 rings (SSSR count). The Kier molecular flexibility index (Phi) is 6.16. The highest BCUT2D eigenvalue weighted by Gasteiger charge is 2.38. The van der Waals surface area contributed by atoms with E-state index in [0.29, 0.717) is 0 Å². The fourth-order valence-corrected chi connectivity index (χ4v) is 9.53. The fourth-order valence-electron chi connectivity index (χ4n) is 8.31. The molecule has 0 saturated carbocycles. The highest BCUT2D eigenvalue weighted by Crippen LogP contribution is 2.55. The minimum Gasteiger partial charge on any atom is -0.309 e. The lowest BCUT2D eigenvalue weighted by atomic mass is 9.82. The molecule has 0 amide bonds. The van der Waals surface area contributed by atoms with Crippen LogP contribution in [0.25, 0.3) is 64.0 Å². The Balaban J connectivity index is 1.27. The van der Waals surface area contributed by atoms with Crippen molar-refractivity contribution in [1.29, 1.82) is 0 Å². The van der Waals surface area contributed by atoms with Crippen molar-refractivity contribution in [1.82, 2.24) is 0 Å². The van der Waals surface area contributed by atoms with Crippen molar-refractivity contribution in [2.24, 2.45) is 0 Å². The summed E-state index contributed by atoms with van der Waals surface area (Å²) in [6, 6.07) is 60.6. The normalized spacial score (nSPS) is 13.3. The van der Waals surface area contributed by atoms with Crippen LogP contribution in [0.5, 0.6) is 0 Å². The van der Waals surface area contributed by atoms with E-state index in [0.717, 1.165) is 5.69 Å². The van der Waals surface area contributed by atoms with Crippen molar-refractivity contribution in [3.05, 3.63) is 175 Å². The summed E-state index contributed by atoms with van der Waals surface area (Å²) in [7, 11) is 0. The number of hydrogen-bond acceptors (Lipinski definition) is 2. The minimum atomic E-state index is -0.0958. The Morgan fingerprint density at radius 3 is 1.96 bits per heavy atom. The van der Waals surface area contributed by atoms with Gasteiger partial charge in [-0.05, 0) is 68.9 Å². The Hall–Kier alpha value is -5.70. The van der Waals surface area contributed by atoms with Gasteiger partial charge in [0.2, 0.25) is 0 Å². The first-order chi connectivity index (χ1) is 24.1. The van der Waals surface area contributed by atoms with Crippen LogP contribution in [0.15, 0.2) is 164 Å². The smallest absolute Gasteiger partial charge is 0.0547 e. The largest absolute Gasteiger partial charge is 0.309 e. The molecule has 1 aromatic heterocycles. The SMILES string of the molecule is CC1(C)c2ccccc2-c2c(N(c3ccc(-c4cccc5ccccc45)cc3)c3cc4c5ccccc5sc4c4ccccc34)cccc21. The molecule has 0 N–H and O–H groups in total. The zero-order chi connectivity index (χ0) is 32.7. The average Bonchev–Trinajstić information content (AvgIpc) is 3.64. The highest BCUT2D eigenvalue weighted by atomic mass is 32.1. The lowest BCUT2D eigenvalue weighted by Crippen LogP contribution is -2.16. The van der Waals surface area contributed by atoms with Gasteiger partial charge < -0.3 is 4.90 Å². The zero-order valence-electron chi connectivity index (χ0n) is 27.4. The molecule has 9 aromatic rings. The predicted molar refractivity (Wildman–Crippen MR) is 212 cm³/mol. The summed E-state index contributed by atoms with van der Waals surface area (Å²) < 4.78 is 2.67. The summed E-state index contributed by atoms with van der Waals surface area (Å²) in [5.74, 6) is 0. The van der Waals surface area contributed by atoms with Crippen molar-refractivity contribution in [2.75, 3.05) is 4.90 Å². The molecule has 0 spiro atoms. The van der Waals surface area contributed by atoms with Crippen LogP contribution < -0.4 is 4.90 Å². The lowest BCUT2D eigenvalue weighted by molar-refractivity contribution is 0.660. The van der Waals surface area contributed by atoms with Gasteiger partial charge in [-0.25, -0.2) is 0 Å². The molecule has 1 aliphatic rings. The van der Waals surface area contributed by atoms with Crippen LogP contribution in [0, 0.1) is 0 Å². The van der Waals surface area contributed by atoms with Gasteiger partial charge in [0.1, 0.15) is 0 Å². The van der Waals surface area contributed by atoms with Crippen LogP contribution in [0.3, 0.4) is 0 Å². The average molecular weight is 644 g/mol. The molecule has 1 nitrogen and oxygen atoms in total. The summed E-state index contributed by atoms with van der Waals surface area (Å²) in [6.45, 7) is 4.73. The van der Waals surface area contributed by atoms with E-state index in [1.807, 2.05) is 11.3 Å². The Morgan fingerprint density at radius 1 is 0.469 bits per heavy atom. The van der Waals surface area contributed by atoms with Crippen molar-refractivity contribution < 1.29 is 0 Å². The minimum absolute atomic E-state index is 0.0958. The maximum Gasteiger partial charge on any atom is 0.0547 e. The van der Waals surface area contributed by atoms with Gasteiger partial charge in [-0.1, -0.05) is 147 Å². The summed E-state index contributed by atoms with van der Waals surface area (Å²) in [5, 5.41) is 7.69. The van der Waals surface area contributed by atoms with Gasteiger partial charge in [0.25, 0.3) is 0 Å². The third-order valence-corrected chi connectivity index (χ3v) is 11.9. The van der Waals surface area contributed by atoms with E-state index in [1.54, 1.807) is 0 Å². The van der Waals surface area contributed by atoms with E-state index in [2.05, 4.69) is 183 Å².